The lowest BCUT2D eigenvalue weighted by Crippen LogP contribution is -2.07. The zero-order chi connectivity index (χ0) is 18.6. The summed E-state index contributed by atoms with van der Waals surface area (Å²) in [5.41, 5.74) is 10.9. The van der Waals surface area contributed by atoms with Crippen LogP contribution >= 0.6 is 0 Å². The first-order chi connectivity index (χ1) is 13.2. The van der Waals surface area contributed by atoms with E-state index in [4.69, 9.17) is 10.7 Å². The quantitative estimate of drug-likeness (QED) is 0.576. The second-order valence-electron chi connectivity index (χ2n) is 6.60. The van der Waals surface area contributed by atoms with E-state index >= 15 is 0 Å². The molecule has 1 atom stereocenters. The molecule has 2 aromatic carbocycles. The highest BCUT2D eigenvalue weighted by Gasteiger charge is 2.17. The van der Waals surface area contributed by atoms with Crippen molar-refractivity contribution in [3.05, 3.63) is 84.9 Å². The topological polar surface area (TPSA) is 69.6 Å². The van der Waals surface area contributed by atoms with Gasteiger partial charge in [-0.2, -0.15) is 0 Å². The van der Waals surface area contributed by atoms with Gasteiger partial charge < -0.3 is 10.3 Å². The van der Waals surface area contributed by atoms with E-state index in [2.05, 4.69) is 57.9 Å². The summed E-state index contributed by atoms with van der Waals surface area (Å²) < 4.78 is 2.18. The molecule has 4 aromatic rings. The number of benzene rings is 2. The van der Waals surface area contributed by atoms with Gasteiger partial charge in [-0.15, -0.1) is 0 Å². The van der Waals surface area contributed by atoms with E-state index in [1.54, 1.807) is 12.4 Å². The van der Waals surface area contributed by atoms with Crippen LogP contribution in [-0.4, -0.2) is 19.5 Å². The average Bonchev–Trinajstić information content (AvgIpc) is 3.13. The highest BCUT2D eigenvalue weighted by Crippen LogP contribution is 2.32. The first-order valence-electron chi connectivity index (χ1n) is 8.96. The molecule has 0 bridgehead atoms. The third kappa shape index (κ3) is 3.58. The van der Waals surface area contributed by atoms with Crippen LogP contribution in [0.15, 0.2) is 79.4 Å². The van der Waals surface area contributed by atoms with Crippen LogP contribution < -0.4 is 5.73 Å². The fourth-order valence-electron chi connectivity index (χ4n) is 3.27. The summed E-state index contributed by atoms with van der Waals surface area (Å²) in [5.74, 6) is 0.612. The lowest BCUT2D eigenvalue weighted by Gasteiger charge is -2.16. The van der Waals surface area contributed by atoms with Crippen molar-refractivity contribution >= 4 is 5.95 Å². The van der Waals surface area contributed by atoms with Gasteiger partial charge in [-0.05, 0) is 11.5 Å². The molecule has 0 unspecified atom stereocenters. The molecular formula is C22H21N5. The number of aromatic nitrogens is 4. The van der Waals surface area contributed by atoms with Crippen molar-refractivity contribution in [1.82, 2.24) is 19.5 Å². The molecule has 2 N–H and O–H groups in total. The minimum absolute atomic E-state index is 0.267. The van der Waals surface area contributed by atoms with Gasteiger partial charge in [0.1, 0.15) is 0 Å². The van der Waals surface area contributed by atoms with Crippen LogP contribution in [0.3, 0.4) is 0 Å². The van der Waals surface area contributed by atoms with Gasteiger partial charge >= 0.3 is 0 Å². The van der Waals surface area contributed by atoms with Crippen molar-refractivity contribution in [1.29, 1.82) is 0 Å². The molecule has 5 nitrogen and oxygen atoms in total. The van der Waals surface area contributed by atoms with Crippen molar-refractivity contribution in [2.45, 2.75) is 19.4 Å². The van der Waals surface area contributed by atoms with E-state index in [1.807, 2.05) is 30.6 Å². The number of anilines is 1. The third-order valence-electron chi connectivity index (χ3n) is 4.67. The van der Waals surface area contributed by atoms with E-state index in [1.165, 1.54) is 5.56 Å². The van der Waals surface area contributed by atoms with E-state index in [-0.39, 0.29) is 5.95 Å². The van der Waals surface area contributed by atoms with Crippen molar-refractivity contribution in [2.24, 2.45) is 0 Å². The Morgan fingerprint density at radius 3 is 2.15 bits per heavy atom. The SMILES string of the molecule is C[C@@H](Cn1cnc(-c2ccccc2)c1-c1cnc(N)nc1)c1ccccc1. The van der Waals surface area contributed by atoms with Crippen molar-refractivity contribution in [3.8, 4) is 22.5 Å². The number of nitrogens with zero attached hydrogens (tertiary/aromatic N) is 4. The average molecular weight is 355 g/mol. The molecule has 0 saturated carbocycles. The van der Waals surface area contributed by atoms with Crippen LogP contribution in [0.4, 0.5) is 5.95 Å². The Labute approximate surface area is 158 Å². The van der Waals surface area contributed by atoms with E-state index < -0.39 is 0 Å². The Kier molecular flexibility index (Phi) is 4.66. The molecule has 0 aliphatic heterocycles. The molecule has 0 amide bonds. The summed E-state index contributed by atoms with van der Waals surface area (Å²) >= 11 is 0. The smallest absolute Gasteiger partial charge is 0.219 e. The highest BCUT2D eigenvalue weighted by atomic mass is 15.1. The number of hydrogen-bond acceptors (Lipinski definition) is 4. The number of nitrogens with two attached hydrogens (primary N) is 1. The summed E-state index contributed by atoms with van der Waals surface area (Å²) in [6.07, 6.45) is 5.42. The van der Waals surface area contributed by atoms with Crippen LogP contribution in [0.2, 0.25) is 0 Å². The number of rotatable bonds is 5. The van der Waals surface area contributed by atoms with Gasteiger partial charge in [0.15, 0.2) is 0 Å². The van der Waals surface area contributed by atoms with Crippen molar-refractivity contribution in [2.75, 3.05) is 5.73 Å². The molecule has 2 aromatic heterocycles. The molecular weight excluding hydrogens is 334 g/mol. The van der Waals surface area contributed by atoms with Crippen LogP contribution in [0.25, 0.3) is 22.5 Å². The van der Waals surface area contributed by atoms with Gasteiger partial charge in [-0.3, -0.25) is 0 Å². The number of hydrogen-bond donors (Lipinski definition) is 1. The summed E-state index contributed by atoms with van der Waals surface area (Å²) in [4.78, 5) is 13.1. The normalized spacial score (nSPS) is 12.0. The molecule has 0 aliphatic rings. The lowest BCUT2D eigenvalue weighted by atomic mass is 10.0. The van der Waals surface area contributed by atoms with E-state index in [9.17, 15) is 0 Å². The van der Waals surface area contributed by atoms with E-state index in [0.29, 0.717) is 5.92 Å². The van der Waals surface area contributed by atoms with Crippen LogP contribution in [0, 0.1) is 0 Å². The Morgan fingerprint density at radius 2 is 1.48 bits per heavy atom. The largest absolute Gasteiger partial charge is 0.368 e. The Bertz CT molecular complexity index is 1010. The minimum atomic E-state index is 0.267. The zero-order valence-electron chi connectivity index (χ0n) is 15.2. The molecule has 0 fully saturated rings. The van der Waals surface area contributed by atoms with Crippen molar-refractivity contribution in [3.63, 3.8) is 0 Å². The maximum absolute atomic E-state index is 5.68. The fourth-order valence-corrected chi connectivity index (χ4v) is 3.27. The molecule has 0 spiro atoms. The molecule has 2 heterocycles. The molecule has 0 radical (unpaired) electrons. The predicted molar refractivity (Wildman–Crippen MR) is 108 cm³/mol. The first-order valence-corrected chi connectivity index (χ1v) is 8.96. The fraction of sp³-hybridized carbons (Fsp3) is 0.136. The minimum Gasteiger partial charge on any atom is -0.368 e. The van der Waals surface area contributed by atoms with Gasteiger partial charge in [-0.1, -0.05) is 67.6 Å². The number of nitrogen functional groups attached to an aromatic ring is 1. The zero-order valence-corrected chi connectivity index (χ0v) is 15.2. The Balaban J connectivity index is 1.77. The predicted octanol–water partition coefficient (Wildman–Crippen LogP) is 4.39. The maximum atomic E-state index is 5.68. The van der Waals surface area contributed by atoms with E-state index in [0.717, 1.165) is 29.1 Å². The Morgan fingerprint density at radius 1 is 0.852 bits per heavy atom. The van der Waals surface area contributed by atoms with Gasteiger partial charge in [-0.25, -0.2) is 15.0 Å². The maximum Gasteiger partial charge on any atom is 0.219 e. The monoisotopic (exact) mass is 355 g/mol. The van der Waals surface area contributed by atoms with Gasteiger partial charge in [0.25, 0.3) is 0 Å². The summed E-state index contributed by atoms with van der Waals surface area (Å²) in [6, 6.07) is 20.7. The molecule has 4 rings (SSSR count). The van der Waals surface area contributed by atoms with Gasteiger partial charge in [0.05, 0.1) is 17.7 Å². The Hall–Kier alpha value is -3.47. The second-order valence-corrected chi connectivity index (χ2v) is 6.60. The lowest BCUT2D eigenvalue weighted by molar-refractivity contribution is 0.601. The third-order valence-corrected chi connectivity index (χ3v) is 4.67. The first kappa shape index (κ1) is 17.0. The van der Waals surface area contributed by atoms with Gasteiger partial charge in [0.2, 0.25) is 5.95 Å². The molecule has 0 saturated heterocycles. The molecule has 0 aliphatic carbocycles. The summed E-state index contributed by atoms with van der Waals surface area (Å²) in [6.45, 7) is 3.03. The molecule has 134 valence electrons. The van der Waals surface area contributed by atoms with Crippen molar-refractivity contribution < 1.29 is 0 Å². The van der Waals surface area contributed by atoms with Gasteiger partial charge in [0, 0.05) is 30.1 Å². The molecule has 27 heavy (non-hydrogen) atoms. The standard InChI is InChI=1S/C22H21N5/c1-16(17-8-4-2-5-9-17)14-27-15-26-20(18-10-6-3-7-11-18)21(27)19-12-24-22(23)25-13-19/h2-13,15-16H,14H2,1H3,(H2,23,24,25)/t16-/m0/s1. The van der Waals surface area contributed by atoms with Crippen LogP contribution in [0.1, 0.15) is 18.4 Å². The summed E-state index contributed by atoms with van der Waals surface area (Å²) in [7, 11) is 0. The second kappa shape index (κ2) is 7.41. The number of imidazole rings is 1. The van der Waals surface area contributed by atoms with Crippen LogP contribution in [0.5, 0.6) is 0 Å². The summed E-state index contributed by atoms with van der Waals surface area (Å²) in [5, 5.41) is 0. The molecule has 5 heteroatoms. The van der Waals surface area contributed by atoms with Crippen LogP contribution in [-0.2, 0) is 6.54 Å². The highest BCUT2D eigenvalue weighted by molar-refractivity contribution is 5.78.